The molecule has 0 atom stereocenters. The Bertz CT molecular complexity index is 730. The summed E-state index contributed by atoms with van der Waals surface area (Å²) in [5.74, 6) is 0. The van der Waals surface area contributed by atoms with Crippen molar-refractivity contribution in [3.8, 4) is 0 Å². The van der Waals surface area contributed by atoms with Gasteiger partial charge in [-0.25, -0.2) is 0 Å². The second kappa shape index (κ2) is 7.26. The molecule has 3 aromatic rings. The first-order valence-electron chi connectivity index (χ1n) is 7.85. The Morgan fingerprint density at radius 3 is 2.19 bits per heavy atom. The number of aryl methyl sites for hydroxylation is 1. The molecule has 108 valence electrons. The summed E-state index contributed by atoms with van der Waals surface area (Å²) in [6, 6.07) is 20.1. The zero-order chi connectivity index (χ0) is 14.5. The second-order valence-electron chi connectivity index (χ2n) is 5.69. The second-order valence-corrected chi connectivity index (χ2v) is 6.77. The molecule has 0 saturated carbocycles. The van der Waals surface area contributed by atoms with Crippen LogP contribution < -0.4 is 0 Å². The van der Waals surface area contributed by atoms with Gasteiger partial charge in [0.2, 0.25) is 0 Å². The SMILES string of the molecule is ICCCCCCc1cccc2cc3ccccc3cc12. The Balaban J connectivity index is 1.86. The van der Waals surface area contributed by atoms with E-state index in [4.69, 9.17) is 0 Å². The minimum atomic E-state index is 1.21. The van der Waals surface area contributed by atoms with Crippen molar-refractivity contribution in [2.24, 2.45) is 0 Å². The van der Waals surface area contributed by atoms with Crippen LogP contribution in [-0.4, -0.2) is 4.43 Å². The van der Waals surface area contributed by atoms with E-state index in [-0.39, 0.29) is 0 Å². The van der Waals surface area contributed by atoms with Crippen molar-refractivity contribution in [1.29, 1.82) is 0 Å². The molecule has 0 N–H and O–H groups in total. The Morgan fingerprint density at radius 1 is 0.667 bits per heavy atom. The summed E-state index contributed by atoms with van der Waals surface area (Å²) in [6.45, 7) is 0. The quantitative estimate of drug-likeness (QED) is 0.195. The normalized spacial score (nSPS) is 11.3. The topological polar surface area (TPSA) is 0 Å². The number of hydrogen-bond acceptors (Lipinski definition) is 0. The van der Waals surface area contributed by atoms with Crippen molar-refractivity contribution >= 4 is 44.1 Å². The van der Waals surface area contributed by atoms with E-state index in [0.717, 1.165) is 0 Å². The summed E-state index contributed by atoms with van der Waals surface area (Å²) in [7, 11) is 0. The van der Waals surface area contributed by atoms with E-state index in [2.05, 4.69) is 77.2 Å². The maximum Gasteiger partial charge on any atom is -0.000473 e. The molecule has 3 rings (SSSR count). The monoisotopic (exact) mass is 388 g/mol. The Hall–Kier alpha value is -1.09. The third kappa shape index (κ3) is 3.57. The van der Waals surface area contributed by atoms with Gasteiger partial charge in [0.05, 0.1) is 0 Å². The lowest BCUT2D eigenvalue weighted by molar-refractivity contribution is 0.674. The number of hydrogen-bond donors (Lipinski definition) is 0. The van der Waals surface area contributed by atoms with Gasteiger partial charge < -0.3 is 0 Å². The maximum absolute atomic E-state index is 2.47. The minimum Gasteiger partial charge on any atom is -0.0864 e. The first-order chi connectivity index (χ1) is 10.4. The molecule has 1 heteroatoms. The molecule has 0 unspecified atom stereocenters. The van der Waals surface area contributed by atoms with Crippen LogP contribution in [0.2, 0.25) is 0 Å². The summed E-state index contributed by atoms with van der Waals surface area (Å²) in [4.78, 5) is 0. The minimum absolute atomic E-state index is 1.21. The molecule has 0 amide bonds. The first-order valence-corrected chi connectivity index (χ1v) is 9.37. The molecule has 0 heterocycles. The largest absolute Gasteiger partial charge is 0.0864 e. The van der Waals surface area contributed by atoms with E-state index in [9.17, 15) is 0 Å². The highest BCUT2D eigenvalue weighted by molar-refractivity contribution is 14.1. The molecule has 0 aliphatic rings. The summed E-state index contributed by atoms with van der Waals surface area (Å²) >= 11 is 2.47. The highest BCUT2D eigenvalue weighted by atomic mass is 127. The van der Waals surface area contributed by atoms with Crippen molar-refractivity contribution in [3.63, 3.8) is 0 Å². The fourth-order valence-corrected chi connectivity index (χ4v) is 3.55. The van der Waals surface area contributed by atoms with Gasteiger partial charge in [-0.15, -0.1) is 0 Å². The van der Waals surface area contributed by atoms with Crippen molar-refractivity contribution < 1.29 is 0 Å². The van der Waals surface area contributed by atoms with Crippen LogP contribution in [0.25, 0.3) is 21.5 Å². The van der Waals surface area contributed by atoms with E-state index < -0.39 is 0 Å². The van der Waals surface area contributed by atoms with Crippen LogP contribution in [0, 0.1) is 0 Å². The Kier molecular flexibility index (Phi) is 5.13. The van der Waals surface area contributed by atoms with Gasteiger partial charge in [-0.1, -0.05) is 77.9 Å². The van der Waals surface area contributed by atoms with Crippen molar-refractivity contribution in [2.75, 3.05) is 4.43 Å². The van der Waals surface area contributed by atoms with Gasteiger partial charge in [-0.2, -0.15) is 0 Å². The predicted molar refractivity (Wildman–Crippen MR) is 103 cm³/mol. The Morgan fingerprint density at radius 2 is 1.38 bits per heavy atom. The van der Waals surface area contributed by atoms with E-state index >= 15 is 0 Å². The van der Waals surface area contributed by atoms with Crippen molar-refractivity contribution in [2.45, 2.75) is 32.1 Å². The number of unbranched alkanes of at least 4 members (excludes halogenated alkanes) is 3. The van der Waals surface area contributed by atoms with Gasteiger partial charge in [0.25, 0.3) is 0 Å². The van der Waals surface area contributed by atoms with E-state index in [1.165, 1.54) is 63.6 Å². The molecule has 3 aromatic carbocycles. The smallest absolute Gasteiger partial charge is 0.000473 e. The number of benzene rings is 3. The number of halogens is 1. The standard InChI is InChI=1S/C20H21I/c21-13-6-2-1-3-8-16-11-7-12-19-14-17-9-4-5-10-18(17)15-20(16)19/h4-5,7,9-12,14-15H,1-3,6,8,13H2. The lowest BCUT2D eigenvalue weighted by Gasteiger charge is -2.08. The average molecular weight is 388 g/mol. The third-order valence-electron chi connectivity index (χ3n) is 4.17. The van der Waals surface area contributed by atoms with Crippen molar-refractivity contribution in [1.82, 2.24) is 0 Å². The molecule has 0 spiro atoms. The summed E-state index contributed by atoms with van der Waals surface area (Å²) in [6.07, 6.45) is 6.60. The summed E-state index contributed by atoms with van der Waals surface area (Å²) in [5.41, 5.74) is 1.51. The summed E-state index contributed by atoms with van der Waals surface area (Å²) < 4.78 is 1.29. The maximum atomic E-state index is 2.47. The molecule has 0 aliphatic carbocycles. The fourth-order valence-electron chi connectivity index (χ4n) is 3.01. The van der Waals surface area contributed by atoms with Gasteiger partial charge in [-0.05, 0) is 62.9 Å². The van der Waals surface area contributed by atoms with E-state index in [1.54, 1.807) is 0 Å². The van der Waals surface area contributed by atoms with Crippen LogP contribution in [0.5, 0.6) is 0 Å². The molecule has 21 heavy (non-hydrogen) atoms. The summed E-state index contributed by atoms with van der Waals surface area (Å²) in [5, 5.41) is 5.50. The van der Waals surface area contributed by atoms with E-state index in [0.29, 0.717) is 0 Å². The molecule has 0 aromatic heterocycles. The lowest BCUT2D eigenvalue weighted by Crippen LogP contribution is -1.89. The van der Waals surface area contributed by atoms with Crippen molar-refractivity contribution in [3.05, 3.63) is 60.2 Å². The fraction of sp³-hybridized carbons (Fsp3) is 0.300. The van der Waals surface area contributed by atoms with Crippen LogP contribution in [0.1, 0.15) is 31.2 Å². The lowest BCUT2D eigenvalue weighted by atomic mass is 9.96. The zero-order valence-corrected chi connectivity index (χ0v) is 14.5. The first kappa shape index (κ1) is 14.8. The number of fused-ring (bicyclic) bond motifs is 2. The van der Waals surface area contributed by atoms with Gasteiger partial charge in [0.15, 0.2) is 0 Å². The van der Waals surface area contributed by atoms with Crippen LogP contribution in [0.15, 0.2) is 54.6 Å². The molecule has 0 aliphatic heterocycles. The van der Waals surface area contributed by atoms with Crippen LogP contribution in [0.3, 0.4) is 0 Å². The molecule has 0 fully saturated rings. The highest BCUT2D eigenvalue weighted by Gasteiger charge is 2.03. The molecular formula is C20H21I. The third-order valence-corrected chi connectivity index (χ3v) is 4.93. The van der Waals surface area contributed by atoms with Crippen LogP contribution >= 0.6 is 22.6 Å². The molecule has 0 nitrogen and oxygen atoms in total. The predicted octanol–water partition coefficient (Wildman–Crippen LogP) is 6.53. The molecule has 0 radical (unpaired) electrons. The molecule has 0 bridgehead atoms. The van der Waals surface area contributed by atoms with Gasteiger partial charge in [0, 0.05) is 0 Å². The molecule has 0 saturated heterocycles. The Labute approximate surface area is 140 Å². The molecular weight excluding hydrogens is 367 g/mol. The van der Waals surface area contributed by atoms with E-state index in [1.807, 2.05) is 0 Å². The number of rotatable bonds is 6. The van der Waals surface area contributed by atoms with Crippen LogP contribution in [0.4, 0.5) is 0 Å². The van der Waals surface area contributed by atoms with Gasteiger partial charge in [-0.3, -0.25) is 0 Å². The zero-order valence-electron chi connectivity index (χ0n) is 12.3. The van der Waals surface area contributed by atoms with Gasteiger partial charge in [0.1, 0.15) is 0 Å². The number of alkyl halides is 1. The van der Waals surface area contributed by atoms with Gasteiger partial charge >= 0.3 is 0 Å². The van der Waals surface area contributed by atoms with Crippen LogP contribution in [-0.2, 0) is 6.42 Å². The highest BCUT2D eigenvalue weighted by Crippen LogP contribution is 2.26. The average Bonchev–Trinajstić information content (AvgIpc) is 2.53.